The Hall–Kier alpha value is -1.76. The number of nitrogens with one attached hydrogen (secondary N) is 1. The molecule has 0 atom stereocenters. The van der Waals surface area contributed by atoms with E-state index in [-0.39, 0.29) is 0 Å². The Labute approximate surface area is 116 Å². The molecule has 2 aromatic rings. The van der Waals surface area contributed by atoms with Crippen molar-refractivity contribution in [2.75, 3.05) is 11.9 Å². The van der Waals surface area contributed by atoms with E-state index in [1.54, 1.807) is 0 Å². The van der Waals surface area contributed by atoms with Crippen molar-refractivity contribution in [2.24, 2.45) is 5.92 Å². The van der Waals surface area contributed by atoms with Gasteiger partial charge in [-0.1, -0.05) is 75.2 Å². The minimum absolute atomic E-state index is 0.754. The first-order chi connectivity index (χ1) is 9.35. The highest BCUT2D eigenvalue weighted by Gasteiger charge is 2.06. The number of hydrogen-bond acceptors (Lipinski definition) is 1. The highest BCUT2D eigenvalue weighted by Crippen LogP contribution is 2.27. The Morgan fingerprint density at radius 2 is 1.47 bits per heavy atom. The van der Waals surface area contributed by atoms with E-state index >= 15 is 0 Å². The first-order valence-electron chi connectivity index (χ1n) is 7.23. The smallest absolute Gasteiger partial charge is 0.0419 e. The molecular weight excluding hydrogens is 230 g/mol. The molecular formula is C18H23N. The Balaban J connectivity index is 2.17. The molecule has 0 bridgehead atoms. The molecule has 1 nitrogen and oxygen atoms in total. The van der Waals surface area contributed by atoms with Crippen LogP contribution in [0.2, 0.25) is 0 Å². The number of para-hydroxylation sites is 1. The molecule has 0 radical (unpaired) electrons. The molecule has 19 heavy (non-hydrogen) atoms. The van der Waals surface area contributed by atoms with Crippen molar-refractivity contribution < 1.29 is 0 Å². The van der Waals surface area contributed by atoms with Crippen LogP contribution in [0.4, 0.5) is 5.69 Å². The quantitative estimate of drug-likeness (QED) is 0.746. The predicted octanol–water partition coefficient (Wildman–Crippen LogP) is 5.20. The fourth-order valence-corrected chi connectivity index (χ4v) is 2.34. The van der Waals surface area contributed by atoms with Gasteiger partial charge in [-0.15, -0.1) is 0 Å². The van der Waals surface area contributed by atoms with Crippen LogP contribution in [0, 0.1) is 5.92 Å². The van der Waals surface area contributed by atoms with Crippen LogP contribution in [-0.2, 0) is 0 Å². The second-order valence-corrected chi connectivity index (χ2v) is 4.98. The van der Waals surface area contributed by atoms with Crippen LogP contribution in [0.5, 0.6) is 0 Å². The third kappa shape index (κ3) is 3.60. The molecule has 0 heterocycles. The van der Waals surface area contributed by atoms with Crippen LogP contribution >= 0.6 is 0 Å². The van der Waals surface area contributed by atoms with E-state index in [0.29, 0.717) is 0 Å². The Morgan fingerprint density at radius 1 is 0.842 bits per heavy atom. The van der Waals surface area contributed by atoms with Crippen LogP contribution < -0.4 is 5.32 Å². The highest BCUT2D eigenvalue weighted by molar-refractivity contribution is 5.77. The van der Waals surface area contributed by atoms with Crippen molar-refractivity contribution in [1.29, 1.82) is 0 Å². The van der Waals surface area contributed by atoms with Gasteiger partial charge in [0.15, 0.2) is 0 Å². The predicted molar refractivity (Wildman–Crippen MR) is 84.4 cm³/mol. The summed E-state index contributed by atoms with van der Waals surface area (Å²) in [6.45, 7) is 5.58. The molecule has 100 valence electrons. The van der Waals surface area contributed by atoms with Gasteiger partial charge < -0.3 is 5.32 Å². The van der Waals surface area contributed by atoms with Gasteiger partial charge in [0.2, 0.25) is 0 Å². The van der Waals surface area contributed by atoms with Gasteiger partial charge in [0, 0.05) is 17.8 Å². The molecule has 0 fully saturated rings. The molecule has 0 aliphatic rings. The number of rotatable bonds is 6. The van der Waals surface area contributed by atoms with E-state index in [2.05, 4.69) is 73.8 Å². The van der Waals surface area contributed by atoms with Gasteiger partial charge in [-0.05, 0) is 17.5 Å². The molecule has 0 saturated carbocycles. The summed E-state index contributed by atoms with van der Waals surface area (Å²) in [7, 11) is 0. The lowest BCUT2D eigenvalue weighted by molar-refractivity contribution is 0.519. The molecule has 0 unspecified atom stereocenters. The van der Waals surface area contributed by atoms with E-state index in [1.807, 2.05) is 0 Å². The third-order valence-electron chi connectivity index (χ3n) is 3.75. The van der Waals surface area contributed by atoms with E-state index in [1.165, 1.54) is 29.7 Å². The summed E-state index contributed by atoms with van der Waals surface area (Å²) in [4.78, 5) is 0. The van der Waals surface area contributed by atoms with Gasteiger partial charge in [0.25, 0.3) is 0 Å². The first kappa shape index (κ1) is 13.7. The van der Waals surface area contributed by atoms with Crippen LogP contribution in [0.15, 0.2) is 54.6 Å². The molecule has 0 aliphatic carbocycles. The van der Waals surface area contributed by atoms with Gasteiger partial charge in [-0.2, -0.15) is 0 Å². The third-order valence-corrected chi connectivity index (χ3v) is 3.75. The van der Waals surface area contributed by atoms with Crippen LogP contribution in [0.3, 0.4) is 0 Å². The zero-order valence-electron chi connectivity index (χ0n) is 11.9. The summed E-state index contributed by atoms with van der Waals surface area (Å²) in [5.41, 5.74) is 3.80. The average Bonchev–Trinajstić information content (AvgIpc) is 2.49. The van der Waals surface area contributed by atoms with Gasteiger partial charge in [0.1, 0.15) is 0 Å². The van der Waals surface area contributed by atoms with Crippen LogP contribution in [0.25, 0.3) is 11.1 Å². The summed E-state index contributed by atoms with van der Waals surface area (Å²) in [6.07, 6.45) is 2.47. The fourth-order valence-electron chi connectivity index (χ4n) is 2.34. The summed E-state index contributed by atoms with van der Waals surface area (Å²) < 4.78 is 0. The van der Waals surface area contributed by atoms with Gasteiger partial charge in [0.05, 0.1) is 0 Å². The minimum atomic E-state index is 0.754. The van der Waals surface area contributed by atoms with Gasteiger partial charge in [-0.25, -0.2) is 0 Å². The molecule has 1 heteroatoms. The van der Waals surface area contributed by atoms with E-state index in [9.17, 15) is 0 Å². The topological polar surface area (TPSA) is 12.0 Å². The Morgan fingerprint density at radius 3 is 2.16 bits per heavy atom. The molecule has 0 saturated heterocycles. The summed E-state index contributed by atoms with van der Waals surface area (Å²) >= 11 is 0. The van der Waals surface area contributed by atoms with Crippen molar-refractivity contribution in [3.63, 3.8) is 0 Å². The lowest BCUT2D eigenvalue weighted by atomic mass is 10.0. The lowest BCUT2D eigenvalue weighted by Crippen LogP contribution is -2.13. The molecule has 0 amide bonds. The van der Waals surface area contributed by atoms with Crippen molar-refractivity contribution >= 4 is 5.69 Å². The maximum atomic E-state index is 3.61. The maximum Gasteiger partial charge on any atom is 0.0419 e. The molecule has 1 N–H and O–H groups in total. The molecule has 0 aliphatic heterocycles. The van der Waals surface area contributed by atoms with Gasteiger partial charge >= 0.3 is 0 Å². The Kier molecular flexibility index (Phi) is 5.02. The van der Waals surface area contributed by atoms with Crippen molar-refractivity contribution in [2.45, 2.75) is 26.7 Å². The number of anilines is 1. The largest absolute Gasteiger partial charge is 0.384 e. The zero-order chi connectivity index (χ0) is 13.5. The molecule has 2 aromatic carbocycles. The van der Waals surface area contributed by atoms with Gasteiger partial charge in [-0.3, -0.25) is 0 Å². The highest BCUT2D eigenvalue weighted by atomic mass is 14.9. The Bertz CT molecular complexity index is 486. The summed E-state index contributed by atoms with van der Waals surface area (Å²) in [6, 6.07) is 19.1. The monoisotopic (exact) mass is 253 g/mol. The van der Waals surface area contributed by atoms with E-state index in [4.69, 9.17) is 0 Å². The second kappa shape index (κ2) is 6.98. The minimum Gasteiger partial charge on any atom is -0.384 e. The lowest BCUT2D eigenvalue weighted by Gasteiger charge is -2.17. The zero-order valence-corrected chi connectivity index (χ0v) is 11.9. The van der Waals surface area contributed by atoms with E-state index in [0.717, 1.165) is 12.5 Å². The van der Waals surface area contributed by atoms with Crippen LogP contribution in [-0.4, -0.2) is 6.54 Å². The van der Waals surface area contributed by atoms with Crippen LogP contribution in [0.1, 0.15) is 26.7 Å². The summed E-state index contributed by atoms with van der Waals surface area (Å²) in [5, 5.41) is 3.61. The molecule has 0 spiro atoms. The normalized spacial score (nSPS) is 10.7. The van der Waals surface area contributed by atoms with Crippen molar-refractivity contribution in [3.8, 4) is 11.1 Å². The second-order valence-electron chi connectivity index (χ2n) is 4.98. The summed E-state index contributed by atoms with van der Waals surface area (Å²) in [5.74, 6) is 0.754. The average molecular weight is 253 g/mol. The van der Waals surface area contributed by atoms with E-state index < -0.39 is 0 Å². The molecule has 0 aromatic heterocycles. The maximum absolute atomic E-state index is 3.61. The first-order valence-corrected chi connectivity index (χ1v) is 7.23. The standard InChI is InChI=1S/C18H23N/c1-3-15(4-2)14-19-18-13-9-8-12-17(18)16-10-6-5-7-11-16/h5-13,15,19H,3-4,14H2,1-2H3. The van der Waals surface area contributed by atoms with Crippen molar-refractivity contribution in [1.82, 2.24) is 0 Å². The van der Waals surface area contributed by atoms with Crippen molar-refractivity contribution in [3.05, 3.63) is 54.6 Å². The SMILES string of the molecule is CCC(CC)CNc1ccccc1-c1ccccc1. The number of hydrogen-bond donors (Lipinski definition) is 1. The molecule has 2 rings (SSSR count). The number of benzene rings is 2. The fraction of sp³-hybridized carbons (Fsp3) is 0.333.